The van der Waals surface area contributed by atoms with E-state index in [4.69, 9.17) is 4.74 Å². The van der Waals surface area contributed by atoms with E-state index in [9.17, 15) is 18.4 Å². The summed E-state index contributed by atoms with van der Waals surface area (Å²) in [5.41, 5.74) is 1.41. The second-order valence-corrected chi connectivity index (χ2v) is 9.10. The van der Waals surface area contributed by atoms with Crippen molar-refractivity contribution in [1.29, 1.82) is 0 Å². The van der Waals surface area contributed by atoms with Gasteiger partial charge in [0, 0.05) is 37.8 Å². The van der Waals surface area contributed by atoms with Crippen LogP contribution >= 0.6 is 0 Å². The number of ether oxygens (including phenoxy) is 1. The average Bonchev–Trinajstić information content (AvgIpc) is 3.37. The molecular weight excluding hydrogens is 492 g/mol. The van der Waals surface area contributed by atoms with Crippen LogP contribution in [0.1, 0.15) is 16.4 Å². The first-order valence-corrected chi connectivity index (χ1v) is 12.3. The summed E-state index contributed by atoms with van der Waals surface area (Å²) in [6, 6.07) is 15.3. The second kappa shape index (κ2) is 9.88. The minimum atomic E-state index is -0.792. The molecule has 0 atom stereocenters. The number of benzene rings is 3. The van der Waals surface area contributed by atoms with Crippen molar-refractivity contribution in [3.8, 4) is 11.1 Å². The maximum atomic E-state index is 14.8. The first-order chi connectivity index (χ1) is 18.5. The van der Waals surface area contributed by atoms with E-state index < -0.39 is 23.0 Å². The third kappa shape index (κ3) is 4.37. The fourth-order valence-electron chi connectivity index (χ4n) is 4.81. The highest BCUT2D eigenvalue weighted by Gasteiger charge is 2.24. The van der Waals surface area contributed by atoms with Crippen molar-refractivity contribution >= 4 is 27.7 Å². The van der Waals surface area contributed by atoms with Crippen LogP contribution in [0.3, 0.4) is 0 Å². The van der Waals surface area contributed by atoms with Gasteiger partial charge in [0.05, 0.1) is 35.2 Å². The SMILES string of the molecule is O=C(c1nc2ccccc2[nH]1)c1nc2cccc(-c3ccc(F)cc3F)c2c(=O)n1CCN1CCOCC1. The molecule has 38 heavy (non-hydrogen) atoms. The number of hydrogen-bond acceptors (Lipinski definition) is 6. The molecule has 0 unspecified atom stereocenters. The van der Waals surface area contributed by atoms with Crippen molar-refractivity contribution in [2.24, 2.45) is 0 Å². The number of halogens is 2. The molecule has 0 saturated carbocycles. The predicted octanol–water partition coefficient (Wildman–Crippen LogP) is 3.78. The number of nitrogens with one attached hydrogen (secondary N) is 1. The number of imidazole rings is 1. The Bertz CT molecular complexity index is 1710. The van der Waals surface area contributed by atoms with E-state index in [2.05, 4.69) is 19.9 Å². The van der Waals surface area contributed by atoms with Crippen LogP contribution in [0.25, 0.3) is 33.1 Å². The summed E-state index contributed by atoms with van der Waals surface area (Å²) >= 11 is 0. The van der Waals surface area contributed by atoms with Crippen molar-refractivity contribution in [3.63, 3.8) is 0 Å². The van der Waals surface area contributed by atoms with E-state index in [0.29, 0.717) is 43.9 Å². The minimum Gasteiger partial charge on any atom is -0.379 e. The van der Waals surface area contributed by atoms with Gasteiger partial charge in [-0.05, 0) is 35.9 Å². The zero-order valence-electron chi connectivity index (χ0n) is 20.3. The molecule has 0 amide bonds. The van der Waals surface area contributed by atoms with Crippen molar-refractivity contribution in [2.45, 2.75) is 6.54 Å². The third-order valence-corrected chi connectivity index (χ3v) is 6.76. The van der Waals surface area contributed by atoms with Crippen LogP contribution in [0.5, 0.6) is 0 Å². The van der Waals surface area contributed by atoms with Gasteiger partial charge in [-0.1, -0.05) is 24.3 Å². The summed E-state index contributed by atoms with van der Waals surface area (Å²) in [6.07, 6.45) is 0. The summed E-state index contributed by atoms with van der Waals surface area (Å²) in [6.45, 7) is 3.25. The molecule has 0 radical (unpaired) electrons. The van der Waals surface area contributed by atoms with E-state index in [1.807, 2.05) is 18.2 Å². The van der Waals surface area contributed by atoms with Crippen LogP contribution in [-0.4, -0.2) is 63.1 Å². The molecule has 1 fully saturated rings. The maximum Gasteiger partial charge on any atom is 0.263 e. The zero-order chi connectivity index (χ0) is 26.2. The smallest absolute Gasteiger partial charge is 0.263 e. The second-order valence-electron chi connectivity index (χ2n) is 9.10. The number of carbonyl (C=O) groups excluding carboxylic acids is 1. The van der Waals surface area contributed by atoms with Crippen molar-refractivity contribution in [2.75, 3.05) is 32.8 Å². The third-order valence-electron chi connectivity index (χ3n) is 6.76. The number of ketones is 1. The molecule has 1 N–H and O–H groups in total. The number of fused-ring (bicyclic) bond motifs is 2. The van der Waals surface area contributed by atoms with Crippen LogP contribution in [0.2, 0.25) is 0 Å². The number of morpholine rings is 1. The molecule has 1 aliphatic heterocycles. The monoisotopic (exact) mass is 515 g/mol. The van der Waals surface area contributed by atoms with Gasteiger partial charge in [0.1, 0.15) is 11.6 Å². The van der Waals surface area contributed by atoms with Gasteiger partial charge in [0.15, 0.2) is 11.6 Å². The molecule has 3 heterocycles. The van der Waals surface area contributed by atoms with E-state index in [1.165, 1.54) is 10.6 Å². The number of para-hydroxylation sites is 2. The molecule has 3 aromatic carbocycles. The Hall–Kier alpha value is -4.28. The van der Waals surface area contributed by atoms with Crippen LogP contribution in [0, 0.1) is 11.6 Å². The Balaban J connectivity index is 1.52. The summed E-state index contributed by atoms with van der Waals surface area (Å²) in [5, 5.41) is 0.154. The standard InChI is InChI=1S/C28H23F2N5O3/c29-17-8-9-18(20(30)16-17)19-4-3-7-23-24(19)28(37)35(11-10-34-12-14-38-15-13-34)27(33-23)25(36)26-31-21-5-1-2-6-22(21)32-26/h1-9,16H,10-15H2,(H,31,32). The molecule has 10 heteroatoms. The van der Waals surface area contributed by atoms with Crippen molar-refractivity contribution in [1.82, 2.24) is 24.4 Å². The molecule has 1 aliphatic rings. The van der Waals surface area contributed by atoms with Crippen LogP contribution in [0.15, 0.2) is 65.5 Å². The number of nitrogens with zero attached hydrogens (tertiary/aromatic N) is 4. The van der Waals surface area contributed by atoms with Crippen molar-refractivity contribution in [3.05, 3.63) is 94.3 Å². The largest absolute Gasteiger partial charge is 0.379 e. The molecule has 192 valence electrons. The van der Waals surface area contributed by atoms with Gasteiger partial charge in [0.2, 0.25) is 0 Å². The fourth-order valence-corrected chi connectivity index (χ4v) is 4.81. The number of carbonyl (C=O) groups is 1. The van der Waals surface area contributed by atoms with E-state index >= 15 is 0 Å². The first kappa shape index (κ1) is 24.1. The Morgan fingerprint density at radius 1 is 0.921 bits per heavy atom. The Kier molecular flexibility index (Phi) is 6.26. The highest BCUT2D eigenvalue weighted by atomic mass is 19.1. The Labute approximate surface area is 215 Å². The van der Waals surface area contributed by atoms with Crippen LogP contribution in [-0.2, 0) is 11.3 Å². The van der Waals surface area contributed by atoms with E-state index in [0.717, 1.165) is 12.1 Å². The summed E-state index contributed by atoms with van der Waals surface area (Å²) in [5.74, 6) is -2.03. The average molecular weight is 516 g/mol. The van der Waals surface area contributed by atoms with Gasteiger partial charge < -0.3 is 9.72 Å². The lowest BCUT2D eigenvalue weighted by atomic mass is 10.0. The number of aromatic nitrogens is 4. The minimum absolute atomic E-state index is 0.0634. The van der Waals surface area contributed by atoms with Crippen LogP contribution in [0.4, 0.5) is 8.78 Å². The molecule has 6 rings (SSSR count). The molecule has 0 bridgehead atoms. The van der Waals surface area contributed by atoms with Gasteiger partial charge >= 0.3 is 0 Å². The maximum absolute atomic E-state index is 14.8. The predicted molar refractivity (Wildman–Crippen MR) is 138 cm³/mol. The van der Waals surface area contributed by atoms with Gasteiger partial charge in [-0.15, -0.1) is 0 Å². The molecule has 1 saturated heterocycles. The normalized spacial score (nSPS) is 14.4. The van der Waals surface area contributed by atoms with E-state index in [1.54, 1.807) is 24.3 Å². The quantitative estimate of drug-likeness (QED) is 0.346. The highest BCUT2D eigenvalue weighted by molar-refractivity contribution is 6.07. The Morgan fingerprint density at radius 2 is 1.71 bits per heavy atom. The number of aromatic amines is 1. The number of H-pyrrole nitrogens is 1. The molecular formula is C28H23F2N5O3. The summed E-state index contributed by atoms with van der Waals surface area (Å²) < 4.78 is 35.1. The summed E-state index contributed by atoms with van der Waals surface area (Å²) in [4.78, 5) is 41.8. The number of hydrogen-bond donors (Lipinski definition) is 1. The molecule has 0 aliphatic carbocycles. The van der Waals surface area contributed by atoms with Gasteiger partial charge in [-0.2, -0.15) is 0 Å². The summed E-state index contributed by atoms with van der Waals surface area (Å²) in [7, 11) is 0. The lowest BCUT2D eigenvalue weighted by molar-refractivity contribution is 0.0361. The van der Waals surface area contributed by atoms with E-state index in [-0.39, 0.29) is 40.2 Å². The van der Waals surface area contributed by atoms with Crippen molar-refractivity contribution < 1.29 is 18.3 Å². The number of rotatable bonds is 6. The highest BCUT2D eigenvalue weighted by Crippen LogP contribution is 2.29. The topological polar surface area (TPSA) is 93.1 Å². The molecule has 0 spiro atoms. The molecule has 2 aromatic heterocycles. The first-order valence-electron chi connectivity index (χ1n) is 12.3. The van der Waals surface area contributed by atoms with Gasteiger partial charge in [0.25, 0.3) is 11.3 Å². The van der Waals surface area contributed by atoms with Gasteiger partial charge in [-0.25, -0.2) is 18.7 Å². The Morgan fingerprint density at radius 3 is 2.50 bits per heavy atom. The molecule has 5 aromatic rings. The lowest BCUT2D eigenvalue weighted by Gasteiger charge is -2.27. The van der Waals surface area contributed by atoms with Gasteiger partial charge in [-0.3, -0.25) is 19.1 Å². The molecule has 8 nitrogen and oxygen atoms in total. The lowest BCUT2D eigenvalue weighted by Crippen LogP contribution is -2.40. The van der Waals surface area contributed by atoms with Crippen LogP contribution < -0.4 is 5.56 Å². The zero-order valence-corrected chi connectivity index (χ0v) is 20.3. The fraction of sp³-hybridized carbons (Fsp3) is 0.214.